The van der Waals surface area contributed by atoms with Gasteiger partial charge in [-0.25, -0.2) is 0 Å². The van der Waals surface area contributed by atoms with Crippen molar-refractivity contribution >= 4 is 28.4 Å². The van der Waals surface area contributed by atoms with E-state index in [1.165, 1.54) is 6.42 Å². The van der Waals surface area contributed by atoms with E-state index in [2.05, 4.69) is 30.6 Å². The van der Waals surface area contributed by atoms with E-state index < -0.39 is 0 Å². The predicted molar refractivity (Wildman–Crippen MR) is 134 cm³/mol. The highest BCUT2D eigenvalue weighted by molar-refractivity contribution is 6.02. The van der Waals surface area contributed by atoms with Gasteiger partial charge in [-0.05, 0) is 52.1 Å². The zero-order chi connectivity index (χ0) is 23.1. The maximum absolute atomic E-state index is 13.7. The maximum Gasteiger partial charge on any atom is 0.275 e. The number of fused-ring (bicyclic) bond motifs is 3. The lowest BCUT2D eigenvalue weighted by Crippen LogP contribution is -2.43. The van der Waals surface area contributed by atoms with E-state index in [1.54, 1.807) is 12.3 Å². The second kappa shape index (κ2) is 8.82. The van der Waals surface area contributed by atoms with Crippen LogP contribution < -0.4 is 10.9 Å². The van der Waals surface area contributed by atoms with Gasteiger partial charge in [0.05, 0.1) is 5.52 Å². The molecule has 1 saturated heterocycles. The molecule has 1 aliphatic carbocycles. The third kappa shape index (κ3) is 3.70. The molecule has 3 aromatic rings. The van der Waals surface area contributed by atoms with Crippen molar-refractivity contribution < 1.29 is 4.79 Å². The van der Waals surface area contributed by atoms with Gasteiger partial charge in [0, 0.05) is 41.8 Å². The van der Waals surface area contributed by atoms with E-state index in [-0.39, 0.29) is 17.5 Å². The molecule has 1 saturated carbocycles. The van der Waals surface area contributed by atoms with E-state index in [1.807, 2.05) is 33.2 Å². The second-order valence-corrected chi connectivity index (χ2v) is 9.82. The minimum atomic E-state index is -0.126. The Hall–Kier alpha value is -2.86. The van der Waals surface area contributed by atoms with E-state index in [0.717, 1.165) is 55.1 Å². The predicted octanol–water partition coefficient (Wildman–Crippen LogP) is 4.61. The van der Waals surface area contributed by atoms with Gasteiger partial charge >= 0.3 is 0 Å². The topological polar surface area (TPSA) is 58.8 Å². The van der Waals surface area contributed by atoms with Crippen LogP contribution in [0.25, 0.3) is 22.5 Å². The molecule has 2 aliphatic rings. The average Bonchev–Trinajstić information content (AvgIpc) is 3.56. The molecule has 1 atom stereocenters. The summed E-state index contributed by atoms with van der Waals surface area (Å²) in [5, 5.41) is 4.15. The summed E-state index contributed by atoms with van der Waals surface area (Å²) in [6.07, 6.45) is 10.0. The Morgan fingerprint density at radius 1 is 1.18 bits per heavy atom. The number of likely N-dealkylation sites (tertiary alicyclic amines) is 1. The highest BCUT2D eigenvalue weighted by atomic mass is 16.2. The first-order valence-electron chi connectivity index (χ1n) is 12.4. The smallest absolute Gasteiger partial charge is 0.275 e. The number of para-hydroxylation sites is 1. The van der Waals surface area contributed by atoms with Gasteiger partial charge in [0.1, 0.15) is 11.2 Å². The number of benzene rings is 1. The van der Waals surface area contributed by atoms with Gasteiger partial charge in [0.15, 0.2) is 0 Å². The van der Waals surface area contributed by atoms with Crippen molar-refractivity contribution in [2.75, 3.05) is 13.1 Å². The van der Waals surface area contributed by atoms with Crippen molar-refractivity contribution in [3.63, 3.8) is 0 Å². The van der Waals surface area contributed by atoms with Crippen LogP contribution in [-0.4, -0.2) is 44.9 Å². The first kappa shape index (κ1) is 22.0. The lowest BCUT2D eigenvalue weighted by atomic mass is 10.1. The minimum Gasteiger partial charge on any atom is -0.349 e. The van der Waals surface area contributed by atoms with Gasteiger partial charge in [-0.1, -0.05) is 43.7 Å². The van der Waals surface area contributed by atoms with Crippen LogP contribution in [-0.2, 0) is 0 Å². The van der Waals surface area contributed by atoms with Gasteiger partial charge in [0.25, 0.3) is 11.5 Å². The molecule has 1 aliphatic heterocycles. The molecule has 0 radical (unpaired) electrons. The SMILES string of the molecule is C=Cc1c2ccccc2n2c(C(=O)NC[C@@H]3CCCN3C(C)C)cn(C3CCCC3)c(=O)c12. The molecule has 6 heteroatoms. The summed E-state index contributed by atoms with van der Waals surface area (Å²) in [6, 6.07) is 8.86. The van der Waals surface area contributed by atoms with Crippen molar-refractivity contribution in [1.29, 1.82) is 0 Å². The third-order valence-electron chi connectivity index (χ3n) is 7.59. The van der Waals surface area contributed by atoms with Crippen LogP contribution in [0.3, 0.4) is 0 Å². The lowest BCUT2D eigenvalue weighted by Gasteiger charge is -2.28. The summed E-state index contributed by atoms with van der Waals surface area (Å²) in [6.45, 7) is 10.1. The first-order valence-corrected chi connectivity index (χ1v) is 12.4. The normalized spacial score (nSPS) is 19.8. The van der Waals surface area contributed by atoms with E-state index >= 15 is 0 Å². The van der Waals surface area contributed by atoms with Crippen molar-refractivity contribution in [2.24, 2.45) is 0 Å². The highest BCUT2D eigenvalue weighted by Gasteiger charge is 2.29. The largest absolute Gasteiger partial charge is 0.349 e. The summed E-state index contributed by atoms with van der Waals surface area (Å²) in [4.78, 5) is 29.8. The highest BCUT2D eigenvalue weighted by Crippen LogP contribution is 2.31. The molecular weight excluding hydrogens is 412 g/mol. The molecule has 1 amide bonds. The fraction of sp³-hybridized carbons (Fsp3) is 0.481. The van der Waals surface area contributed by atoms with Gasteiger partial charge in [-0.15, -0.1) is 0 Å². The molecule has 0 unspecified atom stereocenters. The van der Waals surface area contributed by atoms with Crippen LogP contribution in [0, 0.1) is 0 Å². The Morgan fingerprint density at radius 2 is 1.94 bits per heavy atom. The van der Waals surface area contributed by atoms with E-state index in [4.69, 9.17) is 0 Å². The number of aromatic nitrogens is 2. The quantitative estimate of drug-likeness (QED) is 0.601. The van der Waals surface area contributed by atoms with E-state index in [0.29, 0.717) is 29.8 Å². The molecule has 3 heterocycles. The van der Waals surface area contributed by atoms with Crippen LogP contribution >= 0.6 is 0 Å². The molecule has 174 valence electrons. The lowest BCUT2D eigenvalue weighted by molar-refractivity contribution is 0.0928. The molecule has 1 N–H and O–H groups in total. The number of carbonyl (C=O) groups excluding carboxylic acids is 1. The number of nitrogens with one attached hydrogen (secondary N) is 1. The second-order valence-electron chi connectivity index (χ2n) is 9.82. The third-order valence-corrected chi connectivity index (χ3v) is 7.59. The number of carbonyl (C=O) groups is 1. The first-order chi connectivity index (χ1) is 16.0. The molecule has 1 aromatic carbocycles. The molecule has 5 rings (SSSR count). The van der Waals surface area contributed by atoms with Crippen molar-refractivity contribution in [2.45, 2.75) is 70.5 Å². The molecule has 2 fully saturated rings. The standard InChI is InChI=1S/C27H34N4O2/c1-4-21-22-13-7-8-14-23(22)31-24(17-30(27(33)25(21)31)19-10-5-6-11-19)26(32)28-16-20-12-9-15-29(20)18(2)3/h4,7-8,13-14,17-20H,1,5-6,9-12,15-16H2,2-3H3,(H,28,32)/t20-/m0/s1. The number of nitrogens with zero attached hydrogens (tertiary/aromatic N) is 3. The van der Waals surface area contributed by atoms with Crippen LogP contribution in [0.5, 0.6) is 0 Å². The fourth-order valence-electron chi connectivity index (χ4n) is 5.97. The summed E-state index contributed by atoms with van der Waals surface area (Å²) in [5.41, 5.74) is 2.71. The molecule has 33 heavy (non-hydrogen) atoms. The van der Waals surface area contributed by atoms with Gasteiger partial charge < -0.3 is 9.88 Å². The number of amides is 1. The van der Waals surface area contributed by atoms with Crippen LogP contribution in [0.4, 0.5) is 0 Å². The Labute approximate surface area is 194 Å². The molecular formula is C27H34N4O2. The number of hydrogen-bond donors (Lipinski definition) is 1. The average molecular weight is 447 g/mol. The van der Waals surface area contributed by atoms with E-state index in [9.17, 15) is 9.59 Å². The summed E-state index contributed by atoms with van der Waals surface area (Å²) < 4.78 is 3.67. The monoisotopic (exact) mass is 446 g/mol. The van der Waals surface area contributed by atoms with Gasteiger partial charge in [0.2, 0.25) is 0 Å². The molecule has 6 nitrogen and oxygen atoms in total. The summed E-state index contributed by atoms with van der Waals surface area (Å²) in [5.74, 6) is -0.126. The van der Waals surface area contributed by atoms with Crippen LogP contribution in [0.1, 0.15) is 74.5 Å². The van der Waals surface area contributed by atoms with Gasteiger partial charge in [-0.3, -0.25) is 18.9 Å². The Kier molecular flexibility index (Phi) is 5.87. The molecule has 0 spiro atoms. The maximum atomic E-state index is 13.7. The van der Waals surface area contributed by atoms with Gasteiger partial charge in [-0.2, -0.15) is 0 Å². The zero-order valence-electron chi connectivity index (χ0n) is 19.7. The Morgan fingerprint density at radius 3 is 2.67 bits per heavy atom. The van der Waals surface area contributed by atoms with Crippen molar-refractivity contribution in [1.82, 2.24) is 19.2 Å². The molecule has 0 bridgehead atoms. The van der Waals surface area contributed by atoms with Crippen molar-refractivity contribution in [3.8, 4) is 0 Å². The van der Waals surface area contributed by atoms with Crippen LogP contribution in [0.2, 0.25) is 0 Å². The van der Waals surface area contributed by atoms with Crippen molar-refractivity contribution in [3.05, 3.63) is 58.7 Å². The summed E-state index contributed by atoms with van der Waals surface area (Å²) in [7, 11) is 0. The number of hydrogen-bond acceptors (Lipinski definition) is 3. The zero-order valence-corrected chi connectivity index (χ0v) is 19.7. The summed E-state index contributed by atoms with van der Waals surface area (Å²) >= 11 is 0. The minimum absolute atomic E-state index is 0.0358. The van der Waals surface area contributed by atoms with Crippen LogP contribution in [0.15, 0.2) is 41.8 Å². The Bertz CT molecular complexity index is 1260. The fourth-order valence-corrected chi connectivity index (χ4v) is 5.97. The number of rotatable bonds is 6. The Balaban J connectivity index is 1.62. The molecule has 2 aromatic heterocycles.